The molecule has 0 bridgehead atoms. The average Bonchev–Trinajstić information content (AvgIpc) is 2.22. The minimum Gasteiger partial charge on any atom is -0.305 e. The van der Waals surface area contributed by atoms with E-state index in [4.69, 9.17) is 11.6 Å². The van der Waals surface area contributed by atoms with Gasteiger partial charge in [0.2, 0.25) is 0 Å². The lowest BCUT2D eigenvalue weighted by Crippen LogP contribution is -2.11. The molecule has 0 spiro atoms. The van der Waals surface area contributed by atoms with Gasteiger partial charge in [0.05, 0.1) is 5.52 Å². The Kier molecular flexibility index (Phi) is 2.89. The van der Waals surface area contributed by atoms with Gasteiger partial charge in [-0.1, -0.05) is 17.7 Å². The summed E-state index contributed by atoms with van der Waals surface area (Å²) >= 11 is 6.19. The van der Waals surface area contributed by atoms with E-state index in [1.807, 2.05) is 32.3 Å². The summed E-state index contributed by atoms with van der Waals surface area (Å²) in [7, 11) is 4.07. The molecule has 0 saturated carbocycles. The van der Waals surface area contributed by atoms with Crippen LogP contribution in [0.3, 0.4) is 0 Å². The van der Waals surface area contributed by atoms with E-state index in [0.29, 0.717) is 0 Å². The van der Waals surface area contributed by atoms with E-state index in [1.165, 1.54) is 0 Å². The van der Waals surface area contributed by atoms with Crippen LogP contribution in [0.1, 0.15) is 5.56 Å². The van der Waals surface area contributed by atoms with Crippen molar-refractivity contribution in [3.05, 3.63) is 41.0 Å². The lowest BCUT2D eigenvalue weighted by atomic mass is 10.1. The summed E-state index contributed by atoms with van der Waals surface area (Å²) in [6.45, 7) is 0.835. The van der Waals surface area contributed by atoms with Crippen molar-refractivity contribution in [1.29, 1.82) is 0 Å². The molecule has 3 heteroatoms. The summed E-state index contributed by atoms with van der Waals surface area (Å²) < 4.78 is 0. The fourth-order valence-electron chi connectivity index (χ4n) is 1.66. The molecule has 2 aromatic rings. The Balaban J connectivity index is 2.63. The van der Waals surface area contributed by atoms with E-state index in [9.17, 15) is 0 Å². The highest BCUT2D eigenvalue weighted by Crippen LogP contribution is 2.25. The standard InChI is InChI=1S/C12H13ClN2/c1-15(2)8-10-9-4-3-7-14-12(9)6-5-11(10)13/h3-7H,8H2,1-2H3. The molecule has 1 heterocycles. The van der Waals surface area contributed by atoms with Crippen molar-refractivity contribution in [2.45, 2.75) is 6.54 Å². The molecule has 0 aliphatic heterocycles. The third-order valence-electron chi connectivity index (χ3n) is 2.31. The maximum absolute atomic E-state index is 6.19. The normalized spacial score (nSPS) is 11.2. The Bertz CT molecular complexity index is 480. The maximum atomic E-state index is 6.19. The van der Waals surface area contributed by atoms with Gasteiger partial charge in [0.25, 0.3) is 0 Å². The van der Waals surface area contributed by atoms with Crippen molar-refractivity contribution in [2.24, 2.45) is 0 Å². The Morgan fingerprint density at radius 3 is 2.80 bits per heavy atom. The molecule has 0 N–H and O–H groups in total. The maximum Gasteiger partial charge on any atom is 0.0706 e. The molecule has 1 aromatic carbocycles. The monoisotopic (exact) mass is 220 g/mol. The molecule has 0 unspecified atom stereocenters. The predicted molar refractivity (Wildman–Crippen MR) is 64.1 cm³/mol. The second-order valence-corrected chi connectivity index (χ2v) is 4.24. The summed E-state index contributed by atoms with van der Waals surface area (Å²) in [5, 5.41) is 1.95. The van der Waals surface area contributed by atoms with Crippen LogP contribution in [-0.4, -0.2) is 24.0 Å². The highest BCUT2D eigenvalue weighted by molar-refractivity contribution is 6.32. The van der Waals surface area contributed by atoms with Gasteiger partial charge in [-0.15, -0.1) is 0 Å². The Labute approximate surface area is 94.5 Å². The molecule has 0 aliphatic carbocycles. The lowest BCUT2D eigenvalue weighted by Gasteiger charge is -2.13. The zero-order chi connectivity index (χ0) is 10.8. The second kappa shape index (κ2) is 4.17. The summed E-state index contributed by atoms with van der Waals surface area (Å²) in [5.74, 6) is 0. The average molecular weight is 221 g/mol. The van der Waals surface area contributed by atoms with Gasteiger partial charge in [-0.3, -0.25) is 4.98 Å². The summed E-state index contributed by atoms with van der Waals surface area (Å²) in [5.41, 5.74) is 2.14. The van der Waals surface area contributed by atoms with Crippen LogP contribution in [0.15, 0.2) is 30.5 Å². The summed E-state index contributed by atoms with van der Waals surface area (Å²) in [6.07, 6.45) is 1.80. The Morgan fingerprint density at radius 1 is 1.27 bits per heavy atom. The second-order valence-electron chi connectivity index (χ2n) is 3.83. The SMILES string of the molecule is CN(C)Cc1c(Cl)ccc2ncccc12. The number of hydrogen-bond acceptors (Lipinski definition) is 2. The molecular formula is C12H13ClN2. The molecule has 0 fully saturated rings. The van der Waals surface area contributed by atoms with Crippen molar-refractivity contribution in [1.82, 2.24) is 9.88 Å². The smallest absolute Gasteiger partial charge is 0.0706 e. The first-order valence-corrected chi connectivity index (χ1v) is 5.23. The van der Waals surface area contributed by atoms with Crippen LogP contribution in [0.4, 0.5) is 0 Å². The Hall–Kier alpha value is -1.12. The van der Waals surface area contributed by atoms with Crippen molar-refractivity contribution in [2.75, 3.05) is 14.1 Å². The van der Waals surface area contributed by atoms with Gasteiger partial charge in [-0.25, -0.2) is 0 Å². The van der Waals surface area contributed by atoms with Crippen LogP contribution in [-0.2, 0) is 6.54 Å². The molecule has 2 rings (SSSR count). The third kappa shape index (κ3) is 2.11. The molecule has 0 saturated heterocycles. The molecule has 78 valence electrons. The van der Waals surface area contributed by atoms with Crippen LogP contribution >= 0.6 is 11.6 Å². The number of pyridine rings is 1. The van der Waals surface area contributed by atoms with Crippen molar-refractivity contribution in [3.63, 3.8) is 0 Å². The minimum absolute atomic E-state index is 0.809. The van der Waals surface area contributed by atoms with Gasteiger partial charge in [0.15, 0.2) is 0 Å². The van der Waals surface area contributed by atoms with Crippen LogP contribution in [0.2, 0.25) is 5.02 Å². The van der Waals surface area contributed by atoms with Crippen molar-refractivity contribution >= 4 is 22.5 Å². The molecule has 0 amide bonds. The zero-order valence-electron chi connectivity index (χ0n) is 8.87. The first kappa shape index (κ1) is 10.4. The van der Waals surface area contributed by atoms with Gasteiger partial charge < -0.3 is 4.90 Å². The Morgan fingerprint density at radius 2 is 2.07 bits per heavy atom. The molecule has 1 aromatic heterocycles. The summed E-state index contributed by atoms with van der Waals surface area (Å²) in [6, 6.07) is 7.87. The van der Waals surface area contributed by atoms with Crippen molar-refractivity contribution in [3.8, 4) is 0 Å². The van der Waals surface area contributed by atoms with Gasteiger partial charge in [0, 0.05) is 23.2 Å². The van der Waals surface area contributed by atoms with Crippen LogP contribution < -0.4 is 0 Å². The molecule has 2 nitrogen and oxygen atoms in total. The highest BCUT2D eigenvalue weighted by Gasteiger charge is 2.07. The fraction of sp³-hybridized carbons (Fsp3) is 0.250. The number of halogens is 1. The number of rotatable bonds is 2. The molecule has 0 radical (unpaired) electrons. The van der Waals surface area contributed by atoms with Gasteiger partial charge in [-0.2, -0.15) is 0 Å². The molecule has 0 aliphatic rings. The van der Waals surface area contributed by atoms with E-state index in [1.54, 1.807) is 6.20 Å². The van der Waals surface area contributed by atoms with Crippen LogP contribution in [0, 0.1) is 0 Å². The first-order valence-electron chi connectivity index (χ1n) is 4.85. The summed E-state index contributed by atoms with van der Waals surface area (Å²) in [4.78, 5) is 6.42. The van der Waals surface area contributed by atoms with Crippen molar-refractivity contribution < 1.29 is 0 Å². The zero-order valence-corrected chi connectivity index (χ0v) is 9.62. The highest BCUT2D eigenvalue weighted by atomic mass is 35.5. The number of benzene rings is 1. The minimum atomic E-state index is 0.809. The van der Waals surface area contributed by atoms with Gasteiger partial charge in [0.1, 0.15) is 0 Å². The molecule has 0 atom stereocenters. The lowest BCUT2D eigenvalue weighted by molar-refractivity contribution is 0.404. The number of aromatic nitrogens is 1. The van der Waals surface area contributed by atoms with E-state index in [0.717, 1.165) is 28.0 Å². The largest absolute Gasteiger partial charge is 0.305 e. The number of nitrogens with zero attached hydrogens (tertiary/aromatic N) is 2. The number of hydrogen-bond donors (Lipinski definition) is 0. The van der Waals surface area contributed by atoms with Crippen LogP contribution in [0.5, 0.6) is 0 Å². The third-order valence-corrected chi connectivity index (χ3v) is 2.67. The topological polar surface area (TPSA) is 16.1 Å². The van der Waals surface area contributed by atoms with E-state index < -0.39 is 0 Å². The van der Waals surface area contributed by atoms with E-state index in [2.05, 4.69) is 16.0 Å². The van der Waals surface area contributed by atoms with E-state index >= 15 is 0 Å². The quantitative estimate of drug-likeness (QED) is 0.774. The first-order chi connectivity index (χ1) is 7.18. The van der Waals surface area contributed by atoms with Crippen LogP contribution in [0.25, 0.3) is 10.9 Å². The predicted octanol–water partition coefficient (Wildman–Crippen LogP) is 2.95. The molecular weight excluding hydrogens is 208 g/mol. The molecule has 15 heavy (non-hydrogen) atoms. The number of fused-ring (bicyclic) bond motifs is 1. The van der Waals surface area contributed by atoms with Gasteiger partial charge in [-0.05, 0) is 37.9 Å². The fourth-order valence-corrected chi connectivity index (χ4v) is 1.89. The van der Waals surface area contributed by atoms with E-state index in [-0.39, 0.29) is 0 Å². The van der Waals surface area contributed by atoms with Gasteiger partial charge >= 0.3 is 0 Å².